The van der Waals surface area contributed by atoms with Crippen molar-refractivity contribution in [2.24, 2.45) is 5.92 Å². The number of ether oxygens (including phenoxy) is 1. The van der Waals surface area contributed by atoms with Gasteiger partial charge in [-0.1, -0.05) is 25.4 Å². The van der Waals surface area contributed by atoms with Gasteiger partial charge >= 0.3 is 0 Å². The quantitative estimate of drug-likeness (QED) is 0.782. The molecule has 0 aliphatic carbocycles. The Morgan fingerprint density at radius 2 is 2.05 bits per heavy atom. The maximum atomic E-state index is 12.7. The van der Waals surface area contributed by atoms with Crippen molar-refractivity contribution in [2.75, 3.05) is 32.5 Å². The summed E-state index contributed by atoms with van der Waals surface area (Å²) in [5, 5.41) is 0.411. The second kappa shape index (κ2) is 7.26. The lowest BCUT2D eigenvalue weighted by atomic mass is 10.2. The molecule has 0 bridgehead atoms. The number of nitrogens with zero attached hydrogens (tertiary/aromatic N) is 1. The molecule has 0 heterocycles. The smallest absolute Gasteiger partial charge is 0.245 e. The van der Waals surface area contributed by atoms with Crippen molar-refractivity contribution in [3.63, 3.8) is 0 Å². The summed E-state index contributed by atoms with van der Waals surface area (Å²) in [5.74, 6) is 0.204. The fourth-order valence-corrected chi connectivity index (χ4v) is 3.67. The molecule has 0 atom stereocenters. The van der Waals surface area contributed by atoms with E-state index in [-0.39, 0.29) is 16.5 Å². The van der Waals surface area contributed by atoms with Gasteiger partial charge < -0.3 is 10.5 Å². The van der Waals surface area contributed by atoms with Crippen LogP contribution in [0.4, 0.5) is 5.69 Å². The van der Waals surface area contributed by atoms with Crippen LogP contribution in [-0.4, -0.2) is 39.5 Å². The zero-order valence-corrected chi connectivity index (χ0v) is 13.5. The van der Waals surface area contributed by atoms with Gasteiger partial charge in [-0.2, -0.15) is 4.31 Å². The Labute approximate surface area is 125 Å². The van der Waals surface area contributed by atoms with E-state index in [4.69, 9.17) is 22.1 Å². The van der Waals surface area contributed by atoms with Crippen LogP contribution in [0, 0.1) is 5.92 Å². The number of hydrogen-bond donors (Lipinski definition) is 1. The van der Waals surface area contributed by atoms with Crippen LogP contribution in [0.15, 0.2) is 23.1 Å². The largest absolute Gasteiger partial charge is 0.398 e. The molecule has 20 heavy (non-hydrogen) atoms. The Bertz CT molecular complexity index is 547. The minimum absolute atomic E-state index is 0.0821. The summed E-state index contributed by atoms with van der Waals surface area (Å²) < 4.78 is 31.7. The molecule has 1 aromatic rings. The van der Waals surface area contributed by atoms with Crippen molar-refractivity contribution < 1.29 is 13.2 Å². The fraction of sp³-hybridized carbons (Fsp3) is 0.538. The molecule has 1 rings (SSSR count). The van der Waals surface area contributed by atoms with Crippen LogP contribution >= 0.6 is 11.6 Å². The molecular weight excluding hydrogens is 300 g/mol. The maximum Gasteiger partial charge on any atom is 0.245 e. The molecule has 0 aliphatic rings. The molecule has 114 valence electrons. The lowest BCUT2D eigenvalue weighted by Crippen LogP contribution is -2.37. The highest BCUT2D eigenvalue weighted by atomic mass is 35.5. The van der Waals surface area contributed by atoms with Crippen LogP contribution < -0.4 is 5.73 Å². The fourth-order valence-electron chi connectivity index (χ4n) is 1.80. The van der Waals surface area contributed by atoms with Gasteiger partial charge in [0.1, 0.15) is 4.90 Å². The van der Waals surface area contributed by atoms with E-state index < -0.39 is 10.0 Å². The molecule has 0 saturated heterocycles. The molecule has 0 aliphatic heterocycles. The summed E-state index contributed by atoms with van der Waals surface area (Å²) in [4.78, 5) is 0.0821. The molecule has 0 unspecified atom stereocenters. The highest BCUT2D eigenvalue weighted by Gasteiger charge is 2.26. The molecule has 1 aromatic carbocycles. The minimum Gasteiger partial charge on any atom is -0.398 e. The van der Waals surface area contributed by atoms with Gasteiger partial charge in [0.15, 0.2) is 0 Å². The van der Waals surface area contributed by atoms with Gasteiger partial charge in [-0.25, -0.2) is 8.42 Å². The highest BCUT2D eigenvalue weighted by Crippen LogP contribution is 2.25. The number of halogens is 1. The Morgan fingerprint density at radius 3 is 2.55 bits per heavy atom. The zero-order valence-electron chi connectivity index (χ0n) is 12.0. The first-order valence-corrected chi connectivity index (χ1v) is 8.15. The number of hydrogen-bond acceptors (Lipinski definition) is 4. The normalized spacial score (nSPS) is 12.3. The molecule has 2 N–H and O–H groups in total. The molecule has 0 radical (unpaired) electrons. The van der Waals surface area contributed by atoms with Gasteiger partial charge in [-0.05, 0) is 24.1 Å². The van der Waals surface area contributed by atoms with Crippen LogP contribution in [0.3, 0.4) is 0 Å². The average molecular weight is 321 g/mol. The number of rotatable bonds is 7. The second-order valence-electron chi connectivity index (χ2n) is 4.93. The molecule has 0 aromatic heterocycles. The Kier molecular flexibility index (Phi) is 6.26. The number of sulfonamides is 1. The molecule has 5 nitrogen and oxygen atoms in total. The minimum atomic E-state index is -3.65. The third kappa shape index (κ3) is 4.34. The van der Waals surface area contributed by atoms with Gasteiger partial charge in [-0.15, -0.1) is 0 Å². The van der Waals surface area contributed by atoms with E-state index in [1.807, 2.05) is 13.8 Å². The van der Waals surface area contributed by atoms with Gasteiger partial charge in [-0.3, -0.25) is 0 Å². The number of nitrogen functional groups attached to an aromatic ring is 1. The van der Waals surface area contributed by atoms with Crippen LogP contribution in [0.5, 0.6) is 0 Å². The second-order valence-corrected chi connectivity index (χ2v) is 7.27. The monoisotopic (exact) mass is 320 g/mol. The van der Waals surface area contributed by atoms with Crippen LogP contribution in [-0.2, 0) is 14.8 Å². The summed E-state index contributed by atoms with van der Waals surface area (Å²) in [7, 11) is -2.11. The first-order chi connectivity index (χ1) is 9.28. The summed E-state index contributed by atoms with van der Waals surface area (Å²) >= 11 is 5.81. The van der Waals surface area contributed by atoms with Crippen molar-refractivity contribution >= 4 is 27.3 Å². The third-order valence-corrected chi connectivity index (χ3v) is 4.88. The molecule has 0 spiro atoms. The van der Waals surface area contributed by atoms with E-state index in [0.29, 0.717) is 24.7 Å². The van der Waals surface area contributed by atoms with Crippen molar-refractivity contribution in [3.05, 3.63) is 23.2 Å². The van der Waals surface area contributed by atoms with Crippen LogP contribution in [0.1, 0.15) is 13.8 Å². The van der Waals surface area contributed by atoms with E-state index in [2.05, 4.69) is 0 Å². The summed E-state index contributed by atoms with van der Waals surface area (Å²) in [6.07, 6.45) is 0. The van der Waals surface area contributed by atoms with Gasteiger partial charge in [0.05, 0.1) is 12.3 Å². The number of methoxy groups -OCH3 is 1. The van der Waals surface area contributed by atoms with Gasteiger partial charge in [0, 0.05) is 25.2 Å². The van der Waals surface area contributed by atoms with E-state index in [9.17, 15) is 8.42 Å². The number of benzene rings is 1. The van der Waals surface area contributed by atoms with Gasteiger partial charge in [0.2, 0.25) is 10.0 Å². The summed E-state index contributed by atoms with van der Waals surface area (Å²) in [6, 6.07) is 4.40. The van der Waals surface area contributed by atoms with Crippen molar-refractivity contribution in [3.8, 4) is 0 Å². The molecule has 7 heteroatoms. The molecular formula is C13H21ClN2O3S. The summed E-state index contributed by atoms with van der Waals surface area (Å²) in [6.45, 7) is 4.95. The Balaban J connectivity index is 3.14. The van der Waals surface area contributed by atoms with E-state index in [1.54, 1.807) is 0 Å². The van der Waals surface area contributed by atoms with E-state index in [0.717, 1.165) is 0 Å². The first kappa shape index (κ1) is 17.2. The Hall–Kier alpha value is -0.820. The predicted octanol–water partition coefficient (Wildman–Crippen LogP) is 2.22. The average Bonchev–Trinajstić information content (AvgIpc) is 2.33. The third-order valence-electron chi connectivity index (χ3n) is 2.70. The lowest BCUT2D eigenvalue weighted by Gasteiger charge is -2.24. The van der Waals surface area contributed by atoms with Crippen molar-refractivity contribution in [1.29, 1.82) is 0 Å². The number of nitrogens with two attached hydrogens (primary N) is 1. The molecule has 0 amide bonds. The molecule has 0 saturated carbocycles. The topological polar surface area (TPSA) is 72.6 Å². The Morgan fingerprint density at radius 1 is 1.40 bits per heavy atom. The highest BCUT2D eigenvalue weighted by molar-refractivity contribution is 7.89. The zero-order chi connectivity index (χ0) is 15.3. The van der Waals surface area contributed by atoms with Crippen molar-refractivity contribution in [2.45, 2.75) is 18.7 Å². The van der Waals surface area contributed by atoms with Gasteiger partial charge in [0.25, 0.3) is 0 Å². The standard InChI is InChI=1S/C13H21ClN2O3S/c1-10(2)9-16(6-7-19-3)20(17,18)13-5-4-11(14)8-12(13)15/h4-5,8,10H,6-7,9,15H2,1-3H3. The molecule has 0 fully saturated rings. The number of anilines is 1. The van der Waals surface area contributed by atoms with Crippen molar-refractivity contribution in [1.82, 2.24) is 4.31 Å². The maximum absolute atomic E-state index is 12.7. The van der Waals surface area contributed by atoms with Crippen LogP contribution in [0.2, 0.25) is 5.02 Å². The van der Waals surface area contributed by atoms with E-state index in [1.165, 1.54) is 29.6 Å². The first-order valence-electron chi connectivity index (χ1n) is 6.33. The lowest BCUT2D eigenvalue weighted by molar-refractivity contribution is 0.175. The van der Waals surface area contributed by atoms with Crippen LogP contribution in [0.25, 0.3) is 0 Å². The SMILES string of the molecule is COCCN(CC(C)C)S(=O)(=O)c1ccc(Cl)cc1N. The summed E-state index contributed by atoms with van der Waals surface area (Å²) in [5.41, 5.74) is 5.94. The predicted molar refractivity (Wildman–Crippen MR) is 81.3 cm³/mol. The van der Waals surface area contributed by atoms with E-state index >= 15 is 0 Å².